The smallest absolute Gasteiger partial charge is 0.323 e. The molecule has 0 spiro atoms. The highest BCUT2D eigenvalue weighted by atomic mass is 16.3. The van der Waals surface area contributed by atoms with E-state index < -0.39 is 75.6 Å². The fraction of sp³-hybridized carbons (Fsp3) is 0.364. The lowest BCUT2D eigenvalue weighted by Gasteiger charge is -2.50. The molecule has 4 atom stereocenters. The third-order valence-electron chi connectivity index (χ3n) is 9.22. The van der Waals surface area contributed by atoms with Crippen molar-refractivity contribution in [2.24, 2.45) is 29.4 Å². The van der Waals surface area contributed by atoms with Gasteiger partial charge in [-0.15, -0.1) is 0 Å². The SMILES string of the molecule is CC(=O)c1ccc(NC(=O)Nc2cc(N(C)C)c3c(c2O)C(O)=C2C(=O)[C@]4(O)C(O)=C(C(N)=O)C(=O)[C@H](C(C)C)[C@@H]4C[C@@H]2C3)cc1. The molecule has 242 valence electrons. The Labute approximate surface area is 264 Å². The predicted octanol–water partition coefficient (Wildman–Crippen LogP) is 3.22. The normalized spacial score (nSPS) is 23.8. The van der Waals surface area contributed by atoms with Gasteiger partial charge in [-0.2, -0.15) is 0 Å². The highest BCUT2D eigenvalue weighted by molar-refractivity contribution is 6.23. The van der Waals surface area contributed by atoms with Crippen LogP contribution in [-0.4, -0.2) is 69.4 Å². The number of urea groups is 1. The van der Waals surface area contributed by atoms with E-state index in [1.54, 1.807) is 45.0 Å². The maximum atomic E-state index is 14.1. The van der Waals surface area contributed by atoms with E-state index in [1.807, 2.05) is 0 Å². The Morgan fingerprint density at radius 1 is 1.04 bits per heavy atom. The van der Waals surface area contributed by atoms with E-state index >= 15 is 0 Å². The zero-order valence-electron chi connectivity index (χ0n) is 26.0. The van der Waals surface area contributed by atoms with Crippen LogP contribution in [-0.2, 0) is 20.8 Å². The topological polar surface area (TPSA) is 220 Å². The van der Waals surface area contributed by atoms with Gasteiger partial charge in [0, 0.05) is 48.4 Å². The minimum absolute atomic E-state index is 0.00970. The van der Waals surface area contributed by atoms with Crippen LogP contribution in [0.4, 0.5) is 21.9 Å². The van der Waals surface area contributed by atoms with Gasteiger partial charge in [0.25, 0.3) is 5.91 Å². The first-order valence-corrected chi connectivity index (χ1v) is 14.7. The Balaban J connectivity index is 1.60. The molecular weight excluding hydrogens is 596 g/mol. The maximum Gasteiger partial charge on any atom is 0.323 e. The number of aliphatic hydroxyl groups is 3. The summed E-state index contributed by atoms with van der Waals surface area (Å²) >= 11 is 0. The summed E-state index contributed by atoms with van der Waals surface area (Å²) in [5.41, 5.74) is 3.06. The molecule has 2 aromatic carbocycles. The number of aromatic hydroxyl groups is 1. The molecule has 5 rings (SSSR count). The van der Waals surface area contributed by atoms with Crippen LogP contribution in [0.3, 0.4) is 0 Å². The Kier molecular flexibility index (Phi) is 7.93. The molecule has 0 bridgehead atoms. The highest BCUT2D eigenvalue weighted by Crippen LogP contribution is 2.56. The number of amides is 3. The summed E-state index contributed by atoms with van der Waals surface area (Å²) in [4.78, 5) is 65.9. The first-order valence-electron chi connectivity index (χ1n) is 14.7. The van der Waals surface area contributed by atoms with Crippen molar-refractivity contribution in [3.8, 4) is 5.75 Å². The van der Waals surface area contributed by atoms with E-state index in [4.69, 9.17) is 5.73 Å². The highest BCUT2D eigenvalue weighted by Gasteiger charge is 2.64. The number of aliphatic hydroxyl groups excluding tert-OH is 2. The zero-order chi connectivity index (χ0) is 34.0. The number of hydrogen-bond donors (Lipinski definition) is 7. The van der Waals surface area contributed by atoms with E-state index in [0.717, 1.165) is 0 Å². The maximum absolute atomic E-state index is 14.1. The van der Waals surface area contributed by atoms with Crippen LogP contribution >= 0.6 is 0 Å². The number of hydrogen-bond acceptors (Lipinski definition) is 10. The summed E-state index contributed by atoms with van der Waals surface area (Å²) < 4.78 is 0. The number of phenolic OH excluding ortho intramolecular Hbond substituents is 1. The van der Waals surface area contributed by atoms with Crippen molar-refractivity contribution in [1.82, 2.24) is 0 Å². The molecule has 13 nitrogen and oxygen atoms in total. The molecule has 3 amide bonds. The lowest BCUT2D eigenvalue weighted by atomic mass is 9.54. The molecular formula is C33H36N4O9. The molecule has 0 aliphatic heterocycles. The third kappa shape index (κ3) is 4.87. The Morgan fingerprint density at radius 2 is 1.67 bits per heavy atom. The second-order valence-electron chi connectivity index (χ2n) is 12.6. The number of carbonyl (C=O) groups excluding carboxylic acids is 5. The van der Waals surface area contributed by atoms with Gasteiger partial charge in [0.15, 0.2) is 22.9 Å². The number of fused-ring (bicyclic) bond motifs is 3. The van der Waals surface area contributed by atoms with E-state index in [-0.39, 0.29) is 35.4 Å². The van der Waals surface area contributed by atoms with Gasteiger partial charge in [0.1, 0.15) is 17.1 Å². The van der Waals surface area contributed by atoms with Crippen LogP contribution in [0.1, 0.15) is 48.7 Å². The van der Waals surface area contributed by atoms with E-state index in [0.29, 0.717) is 22.5 Å². The number of Topliss-reactive ketones (excluding diaryl/α,β-unsaturated/α-hetero) is 3. The van der Waals surface area contributed by atoms with Crippen molar-refractivity contribution >= 4 is 52.1 Å². The second kappa shape index (κ2) is 11.3. The standard InChI is InChI=1S/C33H36N4O9/c1-13(2)22-19-11-16-10-18-21(37(4)5)12-20(36-32(45)35-17-8-6-15(7-9-17)14(3)38)26(39)24(18)28(41)23(16)29(42)33(19,46)30(43)25(27(22)40)31(34)44/h6-9,12-13,16,19,22,39,41,43,46H,10-11H2,1-5H3,(H2,34,44)(H2,35,36,45)/t16-,19-,22+,33-/m0/s1. The Morgan fingerprint density at radius 3 is 2.22 bits per heavy atom. The number of primary amides is 1. The van der Waals surface area contributed by atoms with E-state index in [2.05, 4.69) is 10.6 Å². The minimum Gasteiger partial charge on any atom is -0.508 e. The number of rotatable bonds is 6. The molecule has 1 saturated carbocycles. The van der Waals surface area contributed by atoms with Crippen LogP contribution in [0, 0.1) is 23.7 Å². The largest absolute Gasteiger partial charge is 0.508 e. The molecule has 46 heavy (non-hydrogen) atoms. The molecule has 3 aliphatic rings. The molecule has 0 heterocycles. The predicted molar refractivity (Wildman–Crippen MR) is 169 cm³/mol. The van der Waals surface area contributed by atoms with Crippen LogP contribution in [0.15, 0.2) is 47.2 Å². The quantitative estimate of drug-likeness (QED) is 0.140. The summed E-state index contributed by atoms with van der Waals surface area (Å²) in [7, 11) is 3.44. The van der Waals surface area contributed by atoms with Crippen molar-refractivity contribution in [3.05, 3.63) is 63.9 Å². The molecule has 3 aliphatic carbocycles. The first-order chi connectivity index (χ1) is 21.5. The number of nitrogens with two attached hydrogens (primary N) is 1. The summed E-state index contributed by atoms with van der Waals surface area (Å²) in [6.45, 7) is 4.81. The van der Waals surface area contributed by atoms with Crippen LogP contribution in [0.2, 0.25) is 0 Å². The van der Waals surface area contributed by atoms with Crippen molar-refractivity contribution in [2.45, 2.75) is 39.2 Å². The average molecular weight is 633 g/mol. The van der Waals surface area contributed by atoms with Gasteiger partial charge >= 0.3 is 6.03 Å². The van der Waals surface area contributed by atoms with Crippen LogP contribution < -0.4 is 21.3 Å². The van der Waals surface area contributed by atoms with Gasteiger partial charge in [-0.05, 0) is 67.5 Å². The molecule has 0 unspecified atom stereocenters. The number of nitrogens with one attached hydrogen (secondary N) is 2. The number of benzene rings is 2. The zero-order valence-corrected chi connectivity index (χ0v) is 26.0. The average Bonchev–Trinajstić information content (AvgIpc) is 2.96. The molecule has 2 aromatic rings. The van der Waals surface area contributed by atoms with Gasteiger partial charge in [-0.3, -0.25) is 19.2 Å². The van der Waals surface area contributed by atoms with Crippen LogP contribution in [0.25, 0.3) is 5.76 Å². The summed E-state index contributed by atoms with van der Waals surface area (Å²) in [5.74, 6) is -8.98. The monoisotopic (exact) mass is 632 g/mol. The lowest BCUT2D eigenvalue weighted by Crippen LogP contribution is -2.62. The number of ketones is 3. The third-order valence-corrected chi connectivity index (χ3v) is 9.22. The first kappa shape index (κ1) is 32.2. The summed E-state index contributed by atoms with van der Waals surface area (Å²) in [6.07, 6.45) is 0.0967. The minimum atomic E-state index is -2.72. The molecule has 1 fully saturated rings. The molecule has 0 saturated heterocycles. The van der Waals surface area contributed by atoms with Crippen molar-refractivity contribution in [1.29, 1.82) is 0 Å². The number of nitrogens with zero attached hydrogens (tertiary/aromatic N) is 1. The van der Waals surface area contributed by atoms with Gasteiger partial charge in [0.05, 0.1) is 11.3 Å². The lowest BCUT2D eigenvalue weighted by molar-refractivity contribution is -0.155. The van der Waals surface area contributed by atoms with Gasteiger partial charge in [-0.25, -0.2) is 4.79 Å². The number of phenols is 1. The van der Waals surface area contributed by atoms with Gasteiger partial charge in [-0.1, -0.05) is 13.8 Å². The van der Waals surface area contributed by atoms with Crippen LogP contribution in [0.5, 0.6) is 5.75 Å². The molecule has 0 aromatic heterocycles. The summed E-state index contributed by atoms with van der Waals surface area (Å²) in [6, 6.07) is 6.93. The second-order valence-corrected chi connectivity index (χ2v) is 12.6. The van der Waals surface area contributed by atoms with Gasteiger partial charge in [0.2, 0.25) is 5.78 Å². The fourth-order valence-electron chi connectivity index (χ4n) is 7.10. The number of carbonyl (C=O) groups is 5. The Hall–Kier alpha value is -5.17. The van der Waals surface area contributed by atoms with E-state index in [9.17, 15) is 44.4 Å². The fourth-order valence-corrected chi connectivity index (χ4v) is 7.10. The van der Waals surface area contributed by atoms with Crippen molar-refractivity contribution < 1.29 is 44.4 Å². The molecule has 0 radical (unpaired) electrons. The molecule has 13 heteroatoms. The molecule has 8 N–H and O–H groups in total. The van der Waals surface area contributed by atoms with E-state index in [1.165, 1.54) is 25.1 Å². The van der Waals surface area contributed by atoms with Crippen molar-refractivity contribution in [3.63, 3.8) is 0 Å². The Bertz CT molecular complexity index is 1770. The van der Waals surface area contributed by atoms with Gasteiger partial charge < -0.3 is 41.7 Å². The summed E-state index contributed by atoms with van der Waals surface area (Å²) in [5, 5.41) is 51.0. The number of anilines is 3. The van der Waals surface area contributed by atoms with Crippen molar-refractivity contribution in [2.75, 3.05) is 29.6 Å².